The molecule has 1 N–H and O–H groups in total. The zero-order valence-corrected chi connectivity index (χ0v) is 12.7. The van der Waals surface area contributed by atoms with Crippen molar-refractivity contribution >= 4 is 11.0 Å². The molecule has 0 spiro atoms. The number of nitrogens with zero attached hydrogens (tertiary/aromatic N) is 4. The first-order valence-corrected chi connectivity index (χ1v) is 7.77. The van der Waals surface area contributed by atoms with E-state index in [-0.39, 0.29) is 5.56 Å². The summed E-state index contributed by atoms with van der Waals surface area (Å²) in [6, 6.07) is 0.588. The van der Waals surface area contributed by atoms with Crippen LogP contribution in [0.2, 0.25) is 0 Å². The van der Waals surface area contributed by atoms with Gasteiger partial charge in [0.1, 0.15) is 11.7 Å². The largest absolute Gasteiger partial charge is 0.312 e. The van der Waals surface area contributed by atoms with E-state index in [9.17, 15) is 4.79 Å². The molecule has 0 aliphatic heterocycles. The highest BCUT2D eigenvalue weighted by Crippen LogP contribution is 2.23. The highest BCUT2D eigenvalue weighted by Gasteiger charge is 2.20. The second-order valence-electron chi connectivity index (χ2n) is 6.07. The molecule has 114 valence electrons. The van der Waals surface area contributed by atoms with Gasteiger partial charge in [-0.05, 0) is 18.8 Å². The van der Waals surface area contributed by atoms with Crippen LogP contribution in [0.15, 0.2) is 17.3 Å². The molecule has 6 nitrogen and oxygen atoms in total. The lowest BCUT2D eigenvalue weighted by atomic mass is 9.86. The lowest BCUT2D eigenvalue weighted by Crippen LogP contribution is -2.39. The quantitative estimate of drug-likeness (QED) is 0.921. The minimum atomic E-state index is -0.00778. The first-order chi connectivity index (χ1) is 10.2. The summed E-state index contributed by atoms with van der Waals surface area (Å²) < 4.78 is 3.30. The summed E-state index contributed by atoms with van der Waals surface area (Å²) in [4.78, 5) is 16.6. The molecule has 0 bridgehead atoms. The molecule has 6 heteroatoms. The molecule has 2 atom stereocenters. The number of aromatic nitrogens is 4. The molecule has 1 saturated carbocycles. The fourth-order valence-electron chi connectivity index (χ4n) is 3.22. The van der Waals surface area contributed by atoms with Gasteiger partial charge < -0.3 is 5.32 Å². The Kier molecular flexibility index (Phi) is 4.05. The summed E-state index contributed by atoms with van der Waals surface area (Å²) in [5.41, 5.74) is 0.636. The highest BCUT2D eigenvalue weighted by atomic mass is 16.1. The van der Waals surface area contributed by atoms with E-state index in [2.05, 4.69) is 22.3 Å². The molecule has 0 saturated heterocycles. The van der Waals surface area contributed by atoms with Crippen molar-refractivity contribution in [3.05, 3.63) is 22.9 Å². The van der Waals surface area contributed by atoms with E-state index in [0.717, 1.165) is 12.5 Å². The third kappa shape index (κ3) is 2.85. The van der Waals surface area contributed by atoms with Crippen LogP contribution in [0.5, 0.6) is 0 Å². The topological polar surface area (TPSA) is 64.7 Å². The van der Waals surface area contributed by atoms with Gasteiger partial charge in [0.15, 0.2) is 5.65 Å². The van der Waals surface area contributed by atoms with Crippen LogP contribution in [0.25, 0.3) is 11.0 Å². The van der Waals surface area contributed by atoms with Gasteiger partial charge in [-0.15, -0.1) is 0 Å². The normalized spacial score (nSPS) is 22.8. The average Bonchev–Trinajstić information content (AvgIpc) is 2.86. The minimum Gasteiger partial charge on any atom is -0.312 e. The number of rotatable bonds is 4. The summed E-state index contributed by atoms with van der Waals surface area (Å²) in [5.74, 6) is 0.731. The van der Waals surface area contributed by atoms with Gasteiger partial charge in [0.05, 0.1) is 6.20 Å². The number of hydrogen-bond donors (Lipinski definition) is 1. The second-order valence-corrected chi connectivity index (χ2v) is 6.07. The highest BCUT2D eigenvalue weighted by molar-refractivity contribution is 5.72. The summed E-state index contributed by atoms with van der Waals surface area (Å²) in [6.07, 6.45) is 8.43. The Bertz CT molecular complexity index is 674. The van der Waals surface area contributed by atoms with Gasteiger partial charge in [-0.1, -0.05) is 19.8 Å². The van der Waals surface area contributed by atoms with Crippen molar-refractivity contribution in [3.63, 3.8) is 0 Å². The maximum absolute atomic E-state index is 12.3. The van der Waals surface area contributed by atoms with E-state index in [4.69, 9.17) is 0 Å². The number of nitrogens with one attached hydrogen (secondary N) is 1. The Balaban J connectivity index is 1.65. The molecule has 2 heterocycles. The Morgan fingerprint density at radius 2 is 2.19 bits per heavy atom. The van der Waals surface area contributed by atoms with Crippen molar-refractivity contribution in [1.29, 1.82) is 0 Å². The third-order valence-corrected chi connectivity index (χ3v) is 4.59. The monoisotopic (exact) mass is 289 g/mol. The van der Waals surface area contributed by atoms with Crippen LogP contribution in [-0.2, 0) is 13.6 Å². The molecule has 0 aromatic carbocycles. The summed E-state index contributed by atoms with van der Waals surface area (Å²) in [7, 11) is 1.80. The van der Waals surface area contributed by atoms with Crippen LogP contribution in [0.1, 0.15) is 32.6 Å². The van der Waals surface area contributed by atoms with Crippen molar-refractivity contribution in [2.75, 3.05) is 6.54 Å². The van der Waals surface area contributed by atoms with E-state index < -0.39 is 0 Å². The van der Waals surface area contributed by atoms with Gasteiger partial charge in [0, 0.05) is 26.2 Å². The van der Waals surface area contributed by atoms with Gasteiger partial charge in [-0.3, -0.25) is 14.0 Å². The van der Waals surface area contributed by atoms with Crippen LogP contribution in [0.3, 0.4) is 0 Å². The van der Waals surface area contributed by atoms with Crippen LogP contribution in [-0.4, -0.2) is 31.9 Å². The molecule has 3 rings (SSSR count). The zero-order chi connectivity index (χ0) is 14.8. The standard InChI is InChI=1S/C15H23N5O/c1-11-5-3-4-6-13(11)16-7-8-20-10-17-14-12(15(20)21)9-18-19(14)2/h9-11,13,16H,3-8H2,1-2H3. The van der Waals surface area contributed by atoms with E-state index in [1.165, 1.54) is 25.7 Å². The predicted octanol–water partition coefficient (Wildman–Crippen LogP) is 1.30. The van der Waals surface area contributed by atoms with Crippen LogP contribution in [0, 0.1) is 5.92 Å². The Morgan fingerprint density at radius 1 is 1.38 bits per heavy atom. The SMILES string of the molecule is CC1CCCCC1NCCn1cnc2c(cnn2C)c1=O. The maximum Gasteiger partial charge on any atom is 0.264 e. The van der Waals surface area contributed by atoms with Gasteiger partial charge >= 0.3 is 0 Å². The lowest BCUT2D eigenvalue weighted by Gasteiger charge is -2.29. The van der Waals surface area contributed by atoms with Crippen LogP contribution < -0.4 is 10.9 Å². The van der Waals surface area contributed by atoms with Gasteiger partial charge in [0.25, 0.3) is 5.56 Å². The van der Waals surface area contributed by atoms with E-state index >= 15 is 0 Å². The molecule has 2 unspecified atom stereocenters. The van der Waals surface area contributed by atoms with Crippen molar-refractivity contribution in [2.24, 2.45) is 13.0 Å². The summed E-state index contributed by atoms with van der Waals surface area (Å²) in [6.45, 7) is 3.77. The van der Waals surface area contributed by atoms with E-state index in [0.29, 0.717) is 23.6 Å². The van der Waals surface area contributed by atoms with Crippen molar-refractivity contribution in [2.45, 2.75) is 45.2 Å². The molecule has 21 heavy (non-hydrogen) atoms. The number of fused-ring (bicyclic) bond motifs is 1. The van der Waals surface area contributed by atoms with Gasteiger partial charge in [-0.25, -0.2) is 4.98 Å². The summed E-state index contributed by atoms with van der Waals surface area (Å²) in [5, 5.41) is 8.27. The van der Waals surface area contributed by atoms with E-state index in [1.54, 1.807) is 28.8 Å². The fourth-order valence-corrected chi connectivity index (χ4v) is 3.22. The third-order valence-electron chi connectivity index (χ3n) is 4.59. The first-order valence-electron chi connectivity index (χ1n) is 7.77. The molecule has 1 aliphatic carbocycles. The molecule has 2 aromatic rings. The summed E-state index contributed by atoms with van der Waals surface area (Å²) >= 11 is 0. The fraction of sp³-hybridized carbons (Fsp3) is 0.667. The van der Waals surface area contributed by atoms with Crippen LogP contribution >= 0.6 is 0 Å². The molecule has 1 fully saturated rings. The zero-order valence-electron chi connectivity index (χ0n) is 12.7. The Hall–Kier alpha value is -1.69. The number of aryl methyl sites for hydroxylation is 1. The predicted molar refractivity (Wildman–Crippen MR) is 82.2 cm³/mol. The molecular weight excluding hydrogens is 266 g/mol. The first kappa shape index (κ1) is 14.3. The molecular formula is C15H23N5O. The van der Waals surface area contributed by atoms with Crippen LogP contribution in [0.4, 0.5) is 0 Å². The lowest BCUT2D eigenvalue weighted by molar-refractivity contribution is 0.278. The molecule has 0 amide bonds. The maximum atomic E-state index is 12.3. The van der Waals surface area contributed by atoms with Gasteiger partial charge in [-0.2, -0.15) is 5.10 Å². The Morgan fingerprint density at radius 3 is 3.00 bits per heavy atom. The minimum absolute atomic E-state index is 0.00778. The van der Waals surface area contributed by atoms with Crippen molar-refractivity contribution < 1.29 is 0 Å². The average molecular weight is 289 g/mol. The van der Waals surface area contributed by atoms with Crippen molar-refractivity contribution in [3.8, 4) is 0 Å². The van der Waals surface area contributed by atoms with E-state index in [1.807, 2.05) is 0 Å². The number of hydrogen-bond acceptors (Lipinski definition) is 4. The Labute approximate surface area is 124 Å². The molecule has 2 aromatic heterocycles. The molecule has 0 radical (unpaired) electrons. The smallest absolute Gasteiger partial charge is 0.264 e. The van der Waals surface area contributed by atoms with Gasteiger partial charge in [0.2, 0.25) is 0 Å². The van der Waals surface area contributed by atoms with Crippen molar-refractivity contribution in [1.82, 2.24) is 24.6 Å². The molecule has 1 aliphatic rings. The second kappa shape index (κ2) is 5.97.